The molecule has 2 aliphatic heterocycles. The van der Waals surface area contributed by atoms with Gasteiger partial charge in [-0.15, -0.1) is 0 Å². The Labute approximate surface area is 178 Å². The first-order valence-electron chi connectivity index (χ1n) is 10.7. The molecule has 4 heterocycles. The summed E-state index contributed by atoms with van der Waals surface area (Å²) in [7, 11) is 0. The largest absolute Gasteiger partial charge is 0.466 e. The Morgan fingerprint density at radius 2 is 2.07 bits per heavy atom. The SMILES string of the molecule is Cc1nn(C2CCCC2)cc1/C=c1\sc2n(c1=O)[C@H]1C[C@@](C)(N=2)Oc2ccccc21. The molecule has 2 bridgehead atoms. The molecule has 154 valence electrons. The molecular weight excluding hydrogens is 396 g/mol. The van der Waals surface area contributed by atoms with E-state index in [1.54, 1.807) is 0 Å². The average Bonchev–Trinajstić information content (AvgIpc) is 3.42. The number of fused-ring (bicyclic) bond motifs is 6. The molecule has 0 N–H and O–H groups in total. The van der Waals surface area contributed by atoms with Crippen LogP contribution in [0.2, 0.25) is 0 Å². The van der Waals surface area contributed by atoms with E-state index in [-0.39, 0.29) is 11.6 Å². The maximum atomic E-state index is 13.4. The zero-order valence-electron chi connectivity index (χ0n) is 17.2. The van der Waals surface area contributed by atoms with Crippen LogP contribution < -0.4 is 19.6 Å². The fraction of sp³-hybridized carbons (Fsp3) is 0.435. The maximum absolute atomic E-state index is 13.4. The number of ether oxygens (including phenoxy) is 1. The Bertz CT molecular complexity index is 1330. The second kappa shape index (κ2) is 6.41. The lowest BCUT2D eigenvalue weighted by Crippen LogP contribution is -2.49. The summed E-state index contributed by atoms with van der Waals surface area (Å²) < 4.78 is 10.9. The van der Waals surface area contributed by atoms with Gasteiger partial charge in [-0.25, -0.2) is 4.99 Å². The van der Waals surface area contributed by atoms with Crippen LogP contribution in [0.1, 0.15) is 67.9 Å². The van der Waals surface area contributed by atoms with Crippen molar-refractivity contribution in [2.45, 2.75) is 63.8 Å². The standard InChI is InChI=1S/C23H24N4O2S/c1-14-15(13-26(25-14)16-7-3-4-8-16)11-20-21(28)27-18-12-23(2,24-22(27)30-20)29-19-10-6-5-9-17(18)19/h5-6,9-11,13,16,18H,3-4,7-8,12H2,1-2H3/b20-11-/t18-,23-/m0/s1. The molecule has 3 aliphatic rings. The van der Waals surface area contributed by atoms with E-state index < -0.39 is 5.72 Å². The average molecular weight is 421 g/mol. The molecular formula is C23H24N4O2S. The topological polar surface area (TPSA) is 61.4 Å². The van der Waals surface area contributed by atoms with Crippen molar-refractivity contribution in [3.8, 4) is 5.75 Å². The predicted octanol–water partition coefficient (Wildman–Crippen LogP) is 3.08. The zero-order valence-corrected chi connectivity index (χ0v) is 18.0. The van der Waals surface area contributed by atoms with Crippen molar-refractivity contribution < 1.29 is 4.74 Å². The van der Waals surface area contributed by atoms with Gasteiger partial charge in [-0.2, -0.15) is 5.10 Å². The quantitative estimate of drug-likeness (QED) is 0.640. The minimum absolute atomic E-state index is 0.0236. The molecule has 0 spiro atoms. The fourth-order valence-corrected chi connectivity index (χ4v) is 6.19. The molecule has 0 amide bonds. The Hall–Kier alpha value is -2.67. The van der Waals surface area contributed by atoms with Crippen molar-refractivity contribution in [3.05, 3.63) is 67.0 Å². The number of hydrogen-bond donors (Lipinski definition) is 0. The highest BCUT2D eigenvalue weighted by molar-refractivity contribution is 7.07. The summed E-state index contributed by atoms with van der Waals surface area (Å²) >= 11 is 1.45. The summed E-state index contributed by atoms with van der Waals surface area (Å²) in [5, 5.41) is 4.73. The van der Waals surface area contributed by atoms with Gasteiger partial charge < -0.3 is 4.74 Å². The Morgan fingerprint density at radius 1 is 1.27 bits per heavy atom. The number of rotatable bonds is 2. The Morgan fingerprint density at radius 3 is 2.90 bits per heavy atom. The second-order valence-corrected chi connectivity index (χ2v) is 9.81. The van der Waals surface area contributed by atoms with Crippen LogP contribution in [0.15, 0.2) is 40.2 Å². The Balaban J connectivity index is 1.49. The molecule has 1 aliphatic carbocycles. The molecule has 1 fully saturated rings. The van der Waals surface area contributed by atoms with Crippen LogP contribution >= 0.6 is 11.3 Å². The van der Waals surface area contributed by atoms with Crippen LogP contribution in [-0.2, 0) is 0 Å². The van der Waals surface area contributed by atoms with Gasteiger partial charge >= 0.3 is 0 Å². The fourth-order valence-electron chi connectivity index (χ4n) is 5.07. The highest BCUT2D eigenvalue weighted by atomic mass is 32.1. The lowest BCUT2D eigenvalue weighted by atomic mass is 9.93. The van der Waals surface area contributed by atoms with Gasteiger partial charge in [0.05, 0.1) is 22.3 Å². The molecule has 0 saturated heterocycles. The summed E-state index contributed by atoms with van der Waals surface area (Å²) in [4.78, 5) is 19.0. The van der Waals surface area contributed by atoms with Crippen LogP contribution in [0.25, 0.3) is 6.08 Å². The summed E-state index contributed by atoms with van der Waals surface area (Å²) in [5.41, 5.74) is 2.44. The first-order chi connectivity index (χ1) is 14.5. The van der Waals surface area contributed by atoms with Crippen LogP contribution in [-0.4, -0.2) is 20.1 Å². The van der Waals surface area contributed by atoms with Gasteiger partial charge in [-0.05, 0) is 38.8 Å². The summed E-state index contributed by atoms with van der Waals surface area (Å²) in [6.45, 7) is 4.02. The second-order valence-electron chi connectivity index (χ2n) is 8.80. The van der Waals surface area contributed by atoms with Crippen molar-refractivity contribution in [1.29, 1.82) is 0 Å². The summed E-state index contributed by atoms with van der Waals surface area (Å²) in [5.74, 6) is 0.822. The number of benzene rings is 1. The first-order valence-corrected chi connectivity index (χ1v) is 11.5. The van der Waals surface area contributed by atoms with Gasteiger partial charge in [0.2, 0.25) is 5.72 Å². The molecule has 1 aromatic carbocycles. The van der Waals surface area contributed by atoms with Crippen molar-refractivity contribution in [2.24, 2.45) is 4.99 Å². The molecule has 30 heavy (non-hydrogen) atoms. The lowest BCUT2D eigenvalue weighted by molar-refractivity contribution is 0.0410. The van der Waals surface area contributed by atoms with Crippen LogP contribution in [0.5, 0.6) is 5.75 Å². The van der Waals surface area contributed by atoms with Crippen molar-refractivity contribution >= 4 is 17.4 Å². The molecule has 2 atom stereocenters. The third kappa shape index (κ3) is 2.71. The van der Waals surface area contributed by atoms with Crippen LogP contribution in [0, 0.1) is 6.92 Å². The number of aromatic nitrogens is 3. The van der Waals surface area contributed by atoms with Crippen molar-refractivity contribution in [1.82, 2.24) is 14.3 Å². The third-order valence-electron chi connectivity index (χ3n) is 6.60. The van der Waals surface area contributed by atoms with E-state index >= 15 is 0 Å². The van der Waals surface area contributed by atoms with E-state index in [1.807, 2.05) is 42.7 Å². The molecule has 7 heteroatoms. The highest BCUT2D eigenvalue weighted by Crippen LogP contribution is 2.42. The summed E-state index contributed by atoms with van der Waals surface area (Å²) in [6.07, 6.45) is 9.68. The molecule has 6 nitrogen and oxygen atoms in total. The smallest absolute Gasteiger partial charge is 0.270 e. The van der Waals surface area contributed by atoms with Gasteiger partial charge in [-0.1, -0.05) is 42.4 Å². The van der Waals surface area contributed by atoms with Crippen molar-refractivity contribution in [3.63, 3.8) is 0 Å². The van der Waals surface area contributed by atoms with Gasteiger partial charge in [0.1, 0.15) is 5.75 Å². The van der Waals surface area contributed by atoms with Crippen LogP contribution in [0.4, 0.5) is 0 Å². The van der Waals surface area contributed by atoms with Crippen LogP contribution in [0.3, 0.4) is 0 Å². The number of aryl methyl sites for hydroxylation is 1. The van der Waals surface area contributed by atoms with E-state index in [0.29, 0.717) is 17.0 Å². The Kier molecular flexibility index (Phi) is 3.87. The number of hydrogen-bond acceptors (Lipinski definition) is 5. The maximum Gasteiger partial charge on any atom is 0.270 e. The summed E-state index contributed by atoms with van der Waals surface area (Å²) in [6, 6.07) is 8.43. The molecule has 0 radical (unpaired) electrons. The molecule has 2 aromatic heterocycles. The zero-order chi connectivity index (χ0) is 20.5. The number of nitrogens with zero attached hydrogens (tertiary/aromatic N) is 4. The third-order valence-corrected chi connectivity index (χ3v) is 7.58. The number of para-hydroxylation sites is 1. The van der Waals surface area contributed by atoms with E-state index in [9.17, 15) is 4.79 Å². The van der Waals surface area contributed by atoms with Gasteiger partial charge in [0.15, 0.2) is 4.80 Å². The van der Waals surface area contributed by atoms with Gasteiger partial charge in [-0.3, -0.25) is 14.0 Å². The molecule has 3 aromatic rings. The lowest BCUT2D eigenvalue weighted by Gasteiger charge is -2.39. The first kappa shape index (κ1) is 18.1. The van der Waals surface area contributed by atoms with Gasteiger partial charge in [0, 0.05) is 23.7 Å². The van der Waals surface area contributed by atoms with E-state index in [4.69, 9.17) is 14.8 Å². The monoisotopic (exact) mass is 420 g/mol. The van der Waals surface area contributed by atoms with E-state index in [1.165, 1.54) is 37.0 Å². The van der Waals surface area contributed by atoms with Gasteiger partial charge in [0.25, 0.3) is 5.56 Å². The van der Waals surface area contributed by atoms with E-state index in [2.05, 4.69) is 16.9 Å². The molecule has 6 rings (SSSR count). The molecule has 1 saturated carbocycles. The predicted molar refractivity (Wildman–Crippen MR) is 116 cm³/mol. The minimum atomic E-state index is -0.628. The van der Waals surface area contributed by atoms with Crippen molar-refractivity contribution in [2.75, 3.05) is 0 Å². The normalized spacial score (nSPS) is 25.5. The molecule has 0 unspecified atom stereocenters. The van der Waals surface area contributed by atoms with E-state index in [0.717, 1.165) is 27.4 Å². The highest BCUT2D eigenvalue weighted by Gasteiger charge is 2.42. The number of thiazole rings is 1. The minimum Gasteiger partial charge on any atom is -0.466 e.